The van der Waals surface area contributed by atoms with Crippen LogP contribution in [0.15, 0.2) is 24.3 Å². The molecule has 0 radical (unpaired) electrons. The van der Waals surface area contributed by atoms with Crippen molar-refractivity contribution in [1.82, 2.24) is 16.2 Å². The summed E-state index contributed by atoms with van der Waals surface area (Å²) in [4.78, 5) is 23.3. The zero-order valence-electron chi connectivity index (χ0n) is 13.6. The molecule has 1 aromatic carbocycles. The van der Waals surface area contributed by atoms with E-state index in [2.05, 4.69) is 21.5 Å². The van der Waals surface area contributed by atoms with Gasteiger partial charge in [-0.25, -0.2) is 4.79 Å². The van der Waals surface area contributed by atoms with E-state index in [1.165, 1.54) is 0 Å². The third kappa shape index (κ3) is 7.46. The van der Waals surface area contributed by atoms with Crippen LogP contribution < -0.4 is 21.5 Å². The van der Waals surface area contributed by atoms with Crippen molar-refractivity contribution in [3.05, 3.63) is 29.8 Å². The Morgan fingerprint density at radius 2 is 1.74 bits per heavy atom. The first-order valence-electron chi connectivity index (χ1n) is 7.13. The van der Waals surface area contributed by atoms with Crippen LogP contribution in [0.3, 0.4) is 0 Å². The maximum absolute atomic E-state index is 12.0. The third-order valence-electron chi connectivity index (χ3n) is 2.45. The third-order valence-corrected chi connectivity index (χ3v) is 2.65. The molecule has 4 N–H and O–H groups in total. The molecule has 0 saturated heterocycles. The highest BCUT2D eigenvalue weighted by molar-refractivity contribution is 7.80. The molecule has 8 heteroatoms. The molecule has 0 atom stereocenters. The van der Waals surface area contributed by atoms with Gasteiger partial charge in [-0.3, -0.25) is 21.0 Å². The number of hydrogen-bond acceptors (Lipinski definition) is 4. The van der Waals surface area contributed by atoms with E-state index in [1.54, 1.807) is 31.2 Å². The zero-order chi connectivity index (χ0) is 17.5. The second kappa shape index (κ2) is 8.33. The predicted octanol–water partition coefficient (Wildman–Crippen LogP) is 2.16. The summed E-state index contributed by atoms with van der Waals surface area (Å²) < 4.78 is 4.77. The summed E-state index contributed by atoms with van der Waals surface area (Å²) in [5, 5.41) is 5.88. The smallest absolute Gasteiger partial charge is 0.411 e. The molecular formula is C15H22N4O3S. The molecule has 0 unspecified atom stereocenters. The van der Waals surface area contributed by atoms with Crippen molar-refractivity contribution in [1.29, 1.82) is 0 Å². The lowest BCUT2D eigenvalue weighted by Crippen LogP contribution is -2.52. The first kappa shape index (κ1) is 18.7. The van der Waals surface area contributed by atoms with Crippen LogP contribution in [0.4, 0.5) is 10.5 Å². The molecule has 126 valence electrons. The van der Waals surface area contributed by atoms with Gasteiger partial charge in [0.05, 0.1) is 6.61 Å². The first-order valence-corrected chi connectivity index (χ1v) is 7.54. The molecule has 0 saturated carbocycles. The quantitative estimate of drug-likeness (QED) is 0.499. The average molecular weight is 338 g/mol. The van der Waals surface area contributed by atoms with Crippen molar-refractivity contribution in [2.24, 2.45) is 0 Å². The van der Waals surface area contributed by atoms with Crippen molar-refractivity contribution in [3.8, 4) is 0 Å². The number of carbonyl (C=O) groups is 2. The van der Waals surface area contributed by atoms with Crippen LogP contribution in [-0.2, 0) is 4.74 Å². The van der Waals surface area contributed by atoms with Gasteiger partial charge >= 0.3 is 6.09 Å². The van der Waals surface area contributed by atoms with Crippen LogP contribution in [-0.4, -0.2) is 29.3 Å². The van der Waals surface area contributed by atoms with Crippen LogP contribution in [0.1, 0.15) is 38.1 Å². The molecule has 1 aromatic rings. The Balaban J connectivity index is 2.51. The fraction of sp³-hybridized carbons (Fsp3) is 0.400. The second-order valence-electron chi connectivity index (χ2n) is 5.71. The van der Waals surface area contributed by atoms with Crippen LogP contribution in [0, 0.1) is 0 Å². The molecule has 0 bridgehead atoms. The molecule has 0 heterocycles. The molecule has 0 aromatic heterocycles. The molecule has 0 spiro atoms. The highest BCUT2D eigenvalue weighted by Gasteiger charge is 2.12. The molecule has 2 amide bonds. The minimum Gasteiger partial charge on any atom is -0.450 e. The van der Waals surface area contributed by atoms with Crippen molar-refractivity contribution >= 4 is 35.0 Å². The first-order chi connectivity index (χ1) is 10.7. The minimum atomic E-state index is -0.537. The summed E-state index contributed by atoms with van der Waals surface area (Å²) in [5.74, 6) is -0.342. The van der Waals surface area contributed by atoms with E-state index in [9.17, 15) is 9.59 Å². The molecule has 0 aliphatic rings. The number of ether oxygens (including phenoxy) is 1. The van der Waals surface area contributed by atoms with Gasteiger partial charge in [-0.05, 0) is 64.2 Å². The predicted molar refractivity (Wildman–Crippen MR) is 93.2 cm³/mol. The maximum Gasteiger partial charge on any atom is 0.411 e. The Bertz CT molecular complexity index is 567. The van der Waals surface area contributed by atoms with E-state index < -0.39 is 6.09 Å². The van der Waals surface area contributed by atoms with E-state index in [1.807, 2.05) is 20.8 Å². The summed E-state index contributed by atoms with van der Waals surface area (Å²) >= 11 is 5.07. The van der Waals surface area contributed by atoms with Crippen LogP contribution in [0.25, 0.3) is 0 Å². The number of nitrogens with one attached hydrogen (secondary N) is 4. The average Bonchev–Trinajstić information content (AvgIpc) is 2.44. The number of amides is 2. The van der Waals surface area contributed by atoms with Crippen molar-refractivity contribution < 1.29 is 14.3 Å². The summed E-state index contributed by atoms with van der Waals surface area (Å²) in [6.07, 6.45) is -0.537. The summed E-state index contributed by atoms with van der Waals surface area (Å²) in [7, 11) is 0. The Morgan fingerprint density at radius 1 is 1.13 bits per heavy atom. The Labute approximate surface area is 141 Å². The van der Waals surface area contributed by atoms with Gasteiger partial charge in [0.2, 0.25) is 0 Å². The SMILES string of the molecule is CCOC(=O)Nc1ccc(C(=O)NNC(=S)NC(C)(C)C)cc1. The Hall–Kier alpha value is -2.35. The van der Waals surface area contributed by atoms with Gasteiger partial charge in [-0.2, -0.15) is 0 Å². The lowest BCUT2D eigenvalue weighted by atomic mass is 10.1. The topological polar surface area (TPSA) is 91.5 Å². The van der Waals surface area contributed by atoms with Gasteiger partial charge in [0, 0.05) is 16.8 Å². The molecule has 1 rings (SSSR count). The zero-order valence-corrected chi connectivity index (χ0v) is 14.5. The summed E-state index contributed by atoms with van der Waals surface area (Å²) in [5.41, 5.74) is 5.89. The highest BCUT2D eigenvalue weighted by Crippen LogP contribution is 2.09. The molecule has 7 nitrogen and oxygen atoms in total. The lowest BCUT2D eigenvalue weighted by Gasteiger charge is -2.23. The fourth-order valence-electron chi connectivity index (χ4n) is 1.55. The second-order valence-corrected chi connectivity index (χ2v) is 6.11. The van der Waals surface area contributed by atoms with Gasteiger partial charge in [0.25, 0.3) is 5.91 Å². The van der Waals surface area contributed by atoms with Gasteiger partial charge in [0.15, 0.2) is 5.11 Å². The molecular weight excluding hydrogens is 316 g/mol. The Kier molecular flexibility index (Phi) is 6.77. The van der Waals surface area contributed by atoms with Crippen molar-refractivity contribution in [2.75, 3.05) is 11.9 Å². The number of hydrogen-bond donors (Lipinski definition) is 4. The monoisotopic (exact) mass is 338 g/mol. The van der Waals surface area contributed by atoms with Gasteiger partial charge in [0.1, 0.15) is 0 Å². The van der Waals surface area contributed by atoms with Gasteiger partial charge in [-0.1, -0.05) is 0 Å². The van der Waals surface area contributed by atoms with Crippen LogP contribution in [0.5, 0.6) is 0 Å². The van der Waals surface area contributed by atoms with Crippen molar-refractivity contribution in [3.63, 3.8) is 0 Å². The Morgan fingerprint density at radius 3 is 2.26 bits per heavy atom. The lowest BCUT2D eigenvalue weighted by molar-refractivity contribution is 0.0943. The van der Waals surface area contributed by atoms with Crippen molar-refractivity contribution in [2.45, 2.75) is 33.2 Å². The van der Waals surface area contributed by atoms with E-state index in [-0.39, 0.29) is 11.4 Å². The molecule has 0 aliphatic heterocycles. The van der Waals surface area contributed by atoms with E-state index >= 15 is 0 Å². The minimum absolute atomic E-state index is 0.199. The number of anilines is 1. The van der Waals surface area contributed by atoms with E-state index in [4.69, 9.17) is 17.0 Å². The summed E-state index contributed by atoms with van der Waals surface area (Å²) in [6, 6.07) is 6.38. The number of rotatable bonds is 3. The normalized spacial score (nSPS) is 10.4. The number of carbonyl (C=O) groups excluding carboxylic acids is 2. The molecule has 0 fully saturated rings. The van der Waals surface area contributed by atoms with E-state index in [0.717, 1.165) is 0 Å². The number of thiocarbonyl (C=S) groups is 1. The van der Waals surface area contributed by atoms with Gasteiger partial charge in [-0.15, -0.1) is 0 Å². The van der Waals surface area contributed by atoms with E-state index in [0.29, 0.717) is 23.0 Å². The van der Waals surface area contributed by atoms with Crippen LogP contribution in [0.2, 0.25) is 0 Å². The molecule has 0 aliphatic carbocycles. The fourth-order valence-corrected chi connectivity index (χ4v) is 1.90. The standard InChI is InChI=1S/C15H22N4O3S/c1-5-22-14(21)16-11-8-6-10(7-9-11)12(20)18-19-13(23)17-15(2,3)4/h6-9H,5H2,1-4H3,(H,16,21)(H,18,20)(H2,17,19,23). The van der Waals surface area contributed by atoms with Gasteiger partial charge < -0.3 is 10.1 Å². The number of benzene rings is 1. The summed E-state index contributed by atoms with van der Waals surface area (Å²) in [6.45, 7) is 7.88. The molecule has 23 heavy (non-hydrogen) atoms. The highest BCUT2D eigenvalue weighted by atomic mass is 32.1. The maximum atomic E-state index is 12.0. The largest absolute Gasteiger partial charge is 0.450 e. The van der Waals surface area contributed by atoms with Crippen LogP contribution >= 0.6 is 12.2 Å². The number of hydrazine groups is 1.